The molecule has 0 aliphatic heterocycles. The van der Waals surface area contributed by atoms with Crippen LogP contribution in [-0.2, 0) is 12.8 Å². The van der Waals surface area contributed by atoms with Gasteiger partial charge in [0.1, 0.15) is 5.00 Å². The quantitative estimate of drug-likeness (QED) is 0.693. The molecule has 0 saturated heterocycles. The molecule has 3 rings (SSSR count). The van der Waals surface area contributed by atoms with Crippen LogP contribution in [0.15, 0.2) is 30.9 Å². The van der Waals surface area contributed by atoms with Crippen molar-refractivity contribution < 1.29 is 19.1 Å². The fourth-order valence-corrected chi connectivity index (χ4v) is 4.58. The topological polar surface area (TPSA) is 76.7 Å². The first kappa shape index (κ1) is 19.9. The fraction of sp³-hybridized carbons (Fsp3) is 0.333. The molecule has 148 valence electrons. The van der Waals surface area contributed by atoms with Gasteiger partial charge in [-0.1, -0.05) is 6.08 Å². The number of methoxy groups -OCH3 is 2. The standard InChI is InChI=1S/C21H24N2O4S/c1-4-11-22-20(25)18-14-7-5-6-8-17(14)28-21(18)23-19(24)13-9-10-15(26-2)16(12-13)27-3/h4,9-10,12H,1,5-8,11H2,2-3H3,(H,22,25)(H,23,24). The zero-order chi connectivity index (χ0) is 20.1. The van der Waals surface area contributed by atoms with Crippen molar-refractivity contribution in [2.45, 2.75) is 25.7 Å². The molecular weight excluding hydrogens is 376 g/mol. The number of carbonyl (C=O) groups is 2. The van der Waals surface area contributed by atoms with Crippen LogP contribution < -0.4 is 20.1 Å². The van der Waals surface area contributed by atoms with Gasteiger partial charge in [-0.05, 0) is 49.4 Å². The smallest absolute Gasteiger partial charge is 0.256 e. The number of rotatable bonds is 7. The number of hydrogen-bond donors (Lipinski definition) is 2. The molecule has 0 spiro atoms. The number of fused-ring (bicyclic) bond motifs is 1. The number of nitrogens with one attached hydrogen (secondary N) is 2. The van der Waals surface area contributed by atoms with Crippen LogP contribution in [-0.4, -0.2) is 32.6 Å². The van der Waals surface area contributed by atoms with Crippen LogP contribution in [0, 0.1) is 0 Å². The summed E-state index contributed by atoms with van der Waals surface area (Å²) < 4.78 is 10.5. The third-order valence-corrected chi connectivity index (χ3v) is 5.89. The Hall–Kier alpha value is -2.80. The van der Waals surface area contributed by atoms with E-state index in [0.717, 1.165) is 31.2 Å². The second-order valence-electron chi connectivity index (χ2n) is 6.44. The molecule has 0 bridgehead atoms. The Labute approximate surface area is 168 Å². The van der Waals surface area contributed by atoms with Crippen LogP contribution in [0.1, 0.15) is 44.0 Å². The first-order valence-electron chi connectivity index (χ1n) is 9.16. The molecule has 0 fully saturated rings. The molecule has 2 N–H and O–H groups in total. The predicted octanol–water partition coefficient (Wildman–Crippen LogP) is 3.81. The molecule has 0 radical (unpaired) electrons. The highest BCUT2D eigenvalue weighted by atomic mass is 32.1. The summed E-state index contributed by atoms with van der Waals surface area (Å²) in [5.41, 5.74) is 2.07. The Kier molecular flexibility index (Phi) is 6.36. The molecule has 28 heavy (non-hydrogen) atoms. The van der Waals surface area contributed by atoms with Gasteiger partial charge in [-0.2, -0.15) is 0 Å². The van der Waals surface area contributed by atoms with E-state index < -0.39 is 0 Å². The Morgan fingerprint density at radius 3 is 2.61 bits per heavy atom. The molecule has 0 saturated carbocycles. The maximum Gasteiger partial charge on any atom is 0.256 e. The monoisotopic (exact) mass is 400 g/mol. The molecule has 0 unspecified atom stereocenters. The number of amides is 2. The summed E-state index contributed by atoms with van der Waals surface area (Å²) in [6, 6.07) is 4.98. The van der Waals surface area contributed by atoms with Gasteiger partial charge in [0.2, 0.25) is 0 Å². The summed E-state index contributed by atoms with van der Waals surface area (Å²) in [5, 5.41) is 6.35. The van der Waals surface area contributed by atoms with E-state index in [0.29, 0.717) is 34.2 Å². The van der Waals surface area contributed by atoms with Crippen molar-refractivity contribution in [1.82, 2.24) is 5.32 Å². The van der Waals surface area contributed by atoms with Crippen LogP contribution in [0.3, 0.4) is 0 Å². The van der Waals surface area contributed by atoms with Gasteiger partial charge in [-0.3, -0.25) is 9.59 Å². The van der Waals surface area contributed by atoms with Crippen molar-refractivity contribution in [1.29, 1.82) is 0 Å². The van der Waals surface area contributed by atoms with Crippen molar-refractivity contribution in [3.05, 3.63) is 52.4 Å². The number of aryl methyl sites for hydroxylation is 1. The first-order chi connectivity index (χ1) is 13.6. The Morgan fingerprint density at radius 1 is 1.14 bits per heavy atom. The average Bonchev–Trinajstić information content (AvgIpc) is 3.09. The molecular formula is C21H24N2O4S. The van der Waals surface area contributed by atoms with Crippen LogP contribution in [0.4, 0.5) is 5.00 Å². The molecule has 1 aromatic heterocycles. The largest absolute Gasteiger partial charge is 0.493 e. The lowest BCUT2D eigenvalue weighted by Crippen LogP contribution is -2.26. The summed E-state index contributed by atoms with van der Waals surface area (Å²) in [6.07, 6.45) is 5.58. The molecule has 1 heterocycles. The molecule has 2 amide bonds. The SMILES string of the molecule is C=CCNC(=O)c1c(NC(=O)c2ccc(OC)c(OC)c2)sc2c1CCCC2. The lowest BCUT2D eigenvalue weighted by molar-refractivity contribution is 0.0958. The van der Waals surface area contributed by atoms with Gasteiger partial charge < -0.3 is 20.1 Å². The number of anilines is 1. The maximum absolute atomic E-state index is 12.8. The number of benzene rings is 1. The molecule has 6 nitrogen and oxygen atoms in total. The summed E-state index contributed by atoms with van der Waals surface area (Å²) in [4.78, 5) is 26.7. The first-order valence-corrected chi connectivity index (χ1v) is 9.97. The summed E-state index contributed by atoms with van der Waals surface area (Å²) >= 11 is 1.49. The molecule has 0 atom stereocenters. The van der Waals surface area contributed by atoms with Crippen molar-refractivity contribution in [2.24, 2.45) is 0 Å². The van der Waals surface area contributed by atoms with E-state index in [4.69, 9.17) is 9.47 Å². The van der Waals surface area contributed by atoms with E-state index in [1.54, 1.807) is 31.4 Å². The second kappa shape index (κ2) is 8.93. The summed E-state index contributed by atoms with van der Waals surface area (Å²) in [6.45, 7) is 4.02. The zero-order valence-corrected chi connectivity index (χ0v) is 16.9. The second-order valence-corrected chi connectivity index (χ2v) is 7.54. The normalized spacial score (nSPS) is 12.6. The van der Waals surface area contributed by atoms with E-state index in [1.807, 2.05) is 0 Å². The van der Waals surface area contributed by atoms with Crippen molar-refractivity contribution in [2.75, 3.05) is 26.1 Å². The average molecular weight is 401 g/mol. The van der Waals surface area contributed by atoms with Gasteiger partial charge in [0.05, 0.1) is 19.8 Å². The maximum atomic E-state index is 12.8. The lowest BCUT2D eigenvalue weighted by atomic mass is 9.95. The third-order valence-electron chi connectivity index (χ3n) is 4.68. The van der Waals surface area contributed by atoms with E-state index >= 15 is 0 Å². The van der Waals surface area contributed by atoms with Gasteiger partial charge in [-0.15, -0.1) is 17.9 Å². The summed E-state index contributed by atoms with van der Waals surface area (Å²) in [7, 11) is 3.07. The van der Waals surface area contributed by atoms with E-state index in [9.17, 15) is 9.59 Å². The van der Waals surface area contributed by atoms with Crippen LogP contribution in [0.25, 0.3) is 0 Å². The zero-order valence-electron chi connectivity index (χ0n) is 16.1. The predicted molar refractivity (Wildman–Crippen MR) is 111 cm³/mol. The van der Waals surface area contributed by atoms with Gasteiger partial charge >= 0.3 is 0 Å². The minimum absolute atomic E-state index is 0.179. The number of carbonyl (C=O) groups excluding carboxylic acids is 2. The van der Waals surface area contributed by atoms with Gasteiger partial charge in [0.25, 0.3) is 11.8 Å². The van der Waals surface area contributed by atoms with E-state index in [-0.39, 0.29) is 11.8 Å². The van der Waals surface area contributed by atoms with Crippen LogP contribution >= 0.6 is 11.3 Å². The highest BCUT2D eigenvalue weighted by molar-refractivity contribution is 7.17. The number of thiophene rings is 1. The van der Waals surface area contributed by atoms with Gasteiger partial charge in [-0.25, -0.2) is 0 Å². The van der Waals surface area contributed by atoms with Crippen molar-refractivity contribution in [3.8, 4) is 11.5 Å². The number of hydrogen-bond acceptors (Lipinski definition) is 5. The van der Waals surface area contributed by atoms with Gasteiger partial charge in [0.15, 0.2) is 11.5 Å². The van der Waals surface area contributed by atoms with E-state index in [1.165, 1.54) is 23.3 Å². The van der Waals surface area contributed by atoms with Crippen LogP contribution in [0.2, 0.25) is 0 Å². The van der Waals surface area contributed by atoms with Gasteiger partial charge in [0, 0.05) is 17.0 Å². The van der Waals surface area contributed by atoms with Crippen molar-refractivity contribution >= 4 is 28.2 Å². The fourth-order valence-electron chi connectivity index (χ4n) is 3.30. The van der Waals surface area contributed by atoms with Crippen molar-refractivity contribution in [3.63, 3.8) is 0 Å². The Morgan fingerprint density at radius 2 is 1.89 bits per heavy atom. The van der Waals surface area contributed by atoms with E-state index in [2.05, 4.69) is 17.2 Å². The lowest BCUT2D eigenvalue weighted by Gasteiger charge is -2.13. The molecule has 2 aromatic rings. The molecule has 1 aromatic carbocycles. The Balaban J connectivity index is 1.91. The minimum atomic E-state index is -0.294. The third kappa shape index (κ3) is 4.04. The summed E-state index contributed by atoms with van der Waals surface area (Å²) in [5.74, 6) is 0.555. The molecule has 1 aliphatic rings. The van der Waals surface area contributed by atoms with Crippen LogP contribution in [0.5, 0.6) is 11.5 Å². The highest BCUT2D eigenvalue weighted by Gasteiger charge is 2.26. The Bertz CT molecular complexity index is 904. The molecule has 1 aliphatic carbocycles. The minimum Gasteiger partial charge on any atom is -0.493 e. The highest BCUT2D eigenvalue weighted by Crippen LogP contribution is 2.38. The molecule has 7 heteroatoms. The number of ether oxygens (including phenoxy) is 2.